The van der Waals surface area contributed by atoms with Crippen LogP contribution in [0, 0.1) is 3.57 Å². The summed E-state index contributed by atoms with van der Waals surface area (Å²) in [6.45, 7) is 0.230. The lowest BCUT2D eigenvalue weighted by Gasteiger charge is -2.12. The molecule has 0 atom stereocenters. The van der Waals surface area contributed by atoms with E-state index in [4.69, 9.17) is 27.9 Å². The standard InChI is InChI=1S/C14H11Cl2IO2/c15-11-5-10(7-18)14(13(16)6-11)19-8-9-1-3-12(17)4-2-9/h1-6,18H,7-8H2. The molecule has 2 nitrogen and oxygen atoms in total. The minimum Gasteiger partial charge on any atom is -0.487 e. The lowest BCUT2D eigenvalue weighted by molar-refractivity contribution is 0.259. The van der Waals surface area contributed by atoms with E-state index in [1.54, 1.807) is 12.1 Å². The fraction of sp³-hybridized carbons (Fsp3) is 0.143. The quantitative estimate of drug-likeness (QED) is 0.745. The molecule has 0 saturated heterocycles. The monoisotopic (exact) mass is 408 g/mol. The first-order valence-corrected chi connectivity index (χ1v) is 7.39. The van der Waals surface area contributed by atoms with Crippen molar-refractivity contribution in [2.24, 2.45) is 0 Å². The Kier molecular flexibility index (Phi) is 5.33. The van der Waals surface area contributed by atoms with Gasteiger partial charge in [-0.3, -0.25) is 0 Å². The Labute approximate surface area is 135 Å². The third-order valence-electron chi connectivity index (χ3n) is 2.55. The van der Waals surface area contributed by atoms with Crippen LogP contribution in [0.25, 0.3) is 0 Å². The van der Waals surface area contributed by atoms with Gasteiger partial charge in [-0.15, -0.1) is 0 Å². The highest BCUT2D eigenvalue weighted by molar-refractivity contribution is 14.1. The molecule has 2 rings (SSSR count). The predicted molar refractivity (Wildman–Crippen MR) is 85.9 cm³/mol. The van der Waals surface area contributed by atoms with E-state index < -0.39 is 0 Å². The first-order valence-electron chi connectivity index (χ1n) is 5.56. The summed E-state index contributed by atoms with van der Waals surface area (Å²) < 4.78 is 6.86. The number of aliphatic hydroxyl groups excluding tert-OH is 1. The number of aliphatic hydroxyl groups is 1. The Morgan fingerprint density at radius 3 is 2.42 bits per heavy atom. The zero-order valence-electron chi connectivity index (χ0n) is 9.87. The van der Waals surface area contributed by atoms with Crippen molar-refractivity contribution in [1.29, 1.82) is 0 Å². The van der Waals surface area contributed by atoms with Gasteiger partial charge in [0.25, 0.3) is 0 Å². The first kappa shape index (κ1) is 14.9. The van der Waals surface area contributed by atoms with Crippen molar-refractivity contribution in [1.82, 2.24) is 0 Å². The van der Waals surface area contributed by atoms with Gasteiger partial charge in [0.1, 0.15) is 12.4 Å². The second-order valence-corrected chi connectivity index (χ2v) is 6.04. The van der Waals surface area contributed by atoms with E-state index in [0.717, 1.165) is 5.56 Å². The minimum absolute atomic E-state index is 0.164. The second kappa shape index (κ2) is 6.79. The summed E-state index contributed by atoms with van der Waals surface area (Å²) in [6, 6.07) is 11.3. The van der Waals surface area contributed by atoms with Crippen LogP contribution in [-0.2, 0) is 13.2 Å². The Morgan fingerprint density at radius 1 is 1.11 bits per heavy atom. The van der Waals surface area contributed by atoms with Crippen LogP contribution in [-0.4, -0.2) is 5.11 Å². The zero-order valence-corrected chi connectivity index (χ0v) is 13.5. The molecule has 5 heteroatoms. The smallest absolute Gasteiger partial charge is 0.144 e. The van der Waals surface area contributed by atoms with Crippen molar-refractivity contribution in [3.63, 3.8) is 0 Å². The van der Waals surface area contributed by atoms with E-state index in [1.165, 1.54) is 3.57 Å². The predicted octanol–water partition coefficient (Wildman–Crippen LogP) is 4.67. The molecule has 0 aliphatic heterocycles. The van der Waals surface area contributed by atoms with Gasteiger partial charge in [0, 0.05) is 14.2 Å². The highest BCUT2D eigenvalue weighted by Crippen LogP contribution is 2.33. The van der Waals surface area contributed by atoms with Gasteiger partial charge in [0.05, 0.1) is 11.6 Å². The highest BCUT2D eigenvalue weighted by atomic mass is 127. The van der Waals surface area contributed by atoms with Crippen molar-refractivity contribution in [2.45, 2.75) is 13.2 Å². The third-order valence-corrected chi connectivity index (χ3v) is 3.77. The van der Waals surface area contributed by atoms with Crippen molar-refractivity contribution in [2.75, 3.05) is 0 Å². The molecule has 0 radical (unpaired) electrons. The van der Waals surface area contributed by atoms with Gasteiger partial charge in [-0.2, -0.15) is 0 Å². The van der Waals surface area contributed by atoms with Gasteiger partial charge < -0.3 is 9.84 Å². The second-order valence-electron chi connectivity index (χ2n) is 3.95. The summed E-state index contributed by atoms with van der Waals surface area (Å²) in [7, 11) is 0. The van der Waals surface area contributed by atoms with Crippen molar-refractivity contribution >= 4 is 45.8 Å². The maximum atomic E-state index is 9.30. The molecule has 0 saturated carbocycles. The van der Waals surface area contributed by atoms with Crippen LogP contribution in [0.5, 0.6) is 5.75 Å². The largest absolute Gasteiger partial charge is 0.487 e. The molecule has 2 aromatic rings. The van der Waals surface area contributed by atoms with E-state index in [1.807, 2.05) is 24.3 Å². The first-order chi connectivity index (χ1) is 9.10. The minimum atomic E-state index is -0.164. The summed E-state index contributed by atoms with van der Waals surface area (Å²) in [4.78, 5) is 0. The van der Waals surface area contributed by atoms with Crippen LogP contribution in [0.2, 0.25) is 10.0 Å². The van der Waals surface area contributed by atoms with Gasteiger partial charge >= 0.3 is 0 Å². The van der Waals surface area contributed by atoms with Crippen LogP contribution >= 0.6 is 45.8 Å². The van der Waals surface area contributed by atoms with E-state index in [9.17, 15) is 5.11 Å². The number of hydrogen-bond acceptors (Lipinski definition) is 2. The van der Waals surface area contributed by atoms with Gasteiger partial charge in [-0.25, -0.2) is 0 Å². The molecule has 100 valence electrons. The molecule has 0 aromatic heterocycles. The Hall–Kier alpha value is -0.490. The summed E-state index contributed by atoms with van der Waals surface area (Å²) in [5.41, 5.74) is 1.62. The fourth-order valence-electron chi connectivity index (χ4n) is 1.63. The van der Waals surface area contributed by atoms with Gasteiger partial charge in [-0.05, 0) is 52.4 Å². The number of ether oxygens (including phenoxy) is 1. The molecular formula is C14H11Cl2IO2. The molecule has 0 heterocycles. The summed E-state index contributed by atoms with van der Waals surface area (Å²) in [6.07, 6.45) is 0. The molecule has 0 fully saturated rings. The van der Waals surface area contributed by atoms with E-state index in [2.05, 4.69) is 22.6 Å². The summed E-state index contributed by atoms with van der Waals surface area (Å²) >= 11 is 14.2. The normalized spacial score (nSPS) is 10.5. The molecule has 0 aliphatic rings. The number of halogens is 3. The molecule has 0 unspecified atom stereocenters. The molecule has 1 N–H and O–H groups in total. The van der Waals surface area contributed by atoms with E-state index in [-0.39, 0.29) is 6.61 Å². The molecule has 2 aromatic carbocycles. The molecule has 0 aliphatic carbocycles. The molecular weight excluding hydrogens is 398 g/mol. The molecule has 19 heavy (non-hydrogen) atoms. The molecule has 0 amide bonds. The van der Waals surface area contributed by atoms with Crippen LogP contribution in [0.4, 0.5) is 0 Å². The highest BCUT2D eigenvalue weighted by Gasteiger charge is 2.10. The van der Waals surface area contributed by atoms with Crippen molar-refractivity contribution in [3.05, 3.63) is 61.1 Å². The van der Waals surface area contributed by atoms with Gasteiger partial charge in [0.15, 0.2) is 0 Å². The maximum absolute atomic E-state index is 9.30. The number of rotatable bonds is 4. The van der Waals surface area contributed by atoms with Crippen molar-refractivity contribution < 1.29 is 9.84 Å². The van der Waals surface area contributed by atoms with E-state index in [0.29, 0.717) is 28.0 Å². The average molecular weight is 409 g/mol. The summed E-state index contributed by atoms with van der Waals surface area (Å²) in [5.74, 6) is 0.479. The molecule has 0 bridgehead atoms. The van der Waals surface area contributed by atoms with Crippen LogP contribution in [0.15, 0.2) is 36.4 Å². The van der Waals surface area contributed by atoms with Gasteiger partial charge in [-0.1, -0.05) is 35.3 Å². The van der Waals surface area contributed by atoms with Gasteiger partial charge in [0.2, 0.25) is 0 Å². The lowest BCUT2D eigenvalue weighted by atomic mass is 10.2. The van der Waals surface area contributed by atoms with E-state index >= 15 is 0 Å². The molecule has 0 spiro atoms. The van der Waals surface area contributed by atoms with Crippen molar-refractivity contribution in [3.8, 4) is 5.75 Å². The van der Waals surface area contributed by atoms with Crippen LogP contribution in [0.3, 0.4) is 0 Å². The SMILES string of the molecule is OCc1cc(Cl)cc(Cl)c1OCc1ccc(I)cc1. The summed E-state index contributed by atoms with van der Waals surface area (Å²) in [5, 5.41) is 10.2. The Morgan fingerprint density at radius 2 is 1.79 bits per heavy atom. The topological polar surface area (TPSA) is 29.5 Å². The lowest BCUT2D eigenvalue weighted by Crippen LogP contribution is -1.99. The fourth-order valence-corrected chi connectivity index (χ4v) is 2.58. The maximum Gasteiger partial charge on any atom is 0.144 e. The Balaban J connectivity index is 2.17. The van der Waals surface area contributed by atoms with Crippen LogP contribution < -0.4 is 4.74 Å². The number of benzene rings is 2. The third kappa shape index (κ3) is 3.99. The Bertz CT molecular complexity index is 570. The average Bonchev–Trinajstić information content (AvgIpc) is 2.39. The van der Waals surface area contributed by atoms with Crippen LogP contribution in [0.1, 0.15) is 11.1 Å². The number of hydrogen-bond donors (Lipinski definition) is 1. The zero-order chi connectivity index (χ0) is 13.8.